The zero-order valence-electron chi connectivity index (χ0n) is 20.5. The number of esters is 1. The summed E-state index contributed by atoms with van der Waals surface area (Å²) in [6.07, 6.45) is 0. The summed E-state index contributed by atoms with van der Waals surface area (Å²) < 4.78 is 8.37. The van der Waals surface area contributed by atoms with E-state index < -0.39 is 11.4 Å². The van der Waals surface area contributed by atoms with Crippen molar-refractivity contribution in [2.24, 2.45) is 12.5 Å². The Kier molecular flexibility index (Phi) is 8.01. The van der Waals surface area contributed by atoms with Crippen molar-refractivity contribution in [1.29, 1.82) is 0 Å². The number of Topliss-reactive ketones (excluding diaryl/α,β-unsaturated/α-hetero) is 1. The highest BCUT2D eigenvalue weighted by Crippen LogP contribution is 2.24. The van der Waals surface area contributed by atoms with Crippen LogP contribution in [0.2, 0.25) is 0 Å². The fraction of sp³-hybridized carbons (Fsp3) is 0.308. The van der Waals surface area contributed by atoms with Gasteiger partial charge in [0, 0.05) is 17.4 Å². The number of thioether (sulfide) groups is 1. The van der Waals surface area contributed by atoms with E-state index in [4.69, 9.17) is 4.74 Å². The predicted molar refractivity (Wildman–Crippen MR) is 136 cm³/mol. The van der Waals surface area contributed by atoms with Gasteiger partial charge in [0.2, 0.25) is 5.91 Å². The largest absolute Gasteiger partial charge is 0.454 e. The van der Waals surface area contributed by atoms with Crippen LogP contribution in [0.15, 0.2) is 64.3 Å². The monoisotopic (exact) mass is 495 g/mol. The van der Waals surface area contributed by atoms with E-state index in [1.54, 1.807) is 63.7 Å². The van der Waals surface area contributed by atoms with Crippen LogP contribution in [-0.2, 0) is 21.4 Å². The van der Waals surface area contributed by atoms with E-state index in [1.165, 1.54) is 4.68 Å². The number of amides is 1. The number of hydrogen-bond acceptors (Lipinski definition) is 6. The summed E-state index contributed by atoms with van der Waals surface area (Å²) in [5, 5.41) is 2.71. The molecule has 0 radical (unpaired) electrons. The molecule has 2 aromatic carbocycles. The Morgan fingerprint density at radius 3 is 2.29 bits per heavy atom. The third kappa shape index (κ3) is 6.10. The van der Waals surface area contributed by atoms with Gasteiger partial charge in [-0.2, -0.15) is 0 Å². The lowest BCUT2D eigenvalue weighted by Gasteiger charge is -2.16. The van der Waals surface area contributed by atoms with Gasteiger partial charge < -0.3 is 10.1 Å². The second-order valence-corrected chi connectivity index (χ2v) is 10.0. The molecule has 35 heavy (non-hydrogen) atoms. The lowest BCUT2D eigenvalue weighted by atomic mass is 9.91. The molecule has 0 saturated carbocycles. The van der Waals surface area contributed by atoms with E-state index in [2.05, 4.69) is 5.32 Å². The quantitative estimate of drug-likeness (QED) is 0.375. The molecule has 8 nitrogen and oxygen atoms in total. The number of rotatable bonds is 8. The first-order valence-electron chi connectivity index (χ1n) is 11.1. The number of benzene rings is 2. The highest BCUT2D eigenvalue weighted by Gasteiger charge is 2.24. The van der Waals surface area contributed by atoms with Crippen molar-refractivity contribution in [1.82, 2.24) is 9.36 Å². The number of hydrogen-bond donors (Lipinski definition) is 1. The van der Waals surface area contributed by atoms with Gasteiger partial charge in [0.1, 0.15) is 5.69 Å². The molecule has 1 N–H and O–H groups in total. The van der Waals surface area contributed by atoms with Crippen LogP contribution in [0.25, 0.3) is 5.69 Å². The molecule has 1 heterocycles. The molecule has 0 spiro atoms. The molecular weight excluding hydrogens is 466 g/mol. The van der Waals surface area contributed by atoms with Crippen molar-refractivity contribution < 1.29 is 19.1 Å². The molecular formula is C26H29N3O5S. The summed E-state index contributed by atoms with van der Waals surface area (Å²) in [4.78, 5) is 50.9. The molecule has 0 saturated heterocycles. The Hall–Kier alpha value is -3.59. The summed E-state index contributed by atoms with van der Waals surface area (Å²) in [5.41, 5.74) is 0.841. The SMILES string of the molecule is Cc1c(NC(=O)CSc2ccccc2C(=O)OCC(=O)C(C)(C)C)c(=O)n(-c2ccccc2)n1C. The van der Waals surface area contributed by atoms with Gasteiger partial charge in [0.05, 0.1) is 22.7 Å². The highest BCUT2D eigenvalue weighted by molar-refractivity contribution is 8.00. The molecule has 0 fully saturated rings. The van der Waals surface area contributed by atoms with E-state index >= 15 is 0 Å². The van der Waals surface area contributed by atoms with Gasteiger partial charge in [0.25, 0.3) is 5.56 Å². The van der Waals surface area contributed by atoms with Crippen LogP contribution in [0.1, 0.15) is 36.8 Å². The van der Waals surface area contributed by atoms with Crippen molar-refractivity contribution in [2.75, 3.05) is 17.7 Å². The Morgan fingerprint density at radius 2 is 1.63 bits per heavy atom. The van der Waals surface area contributed by atoms with Crippen LogP contribution in [-0.4, -0.2) is 39.4 Å². The van der Waals surface area contributed by atoms with E-state index in [9.17, 15) is 19.2 Å². The lowest BCUT2D eigenvalue weighted by Crippen LogP contribution is -2.26. The normalized spacial score (nSPS) is 11.2. The number of nitrogens with zero attached hydrogens (tertiary/aromatic N) is 2. The van der Waals surface area contributed by atoms with Crippen molar-refractivity contribution >= 4 is 35.1 Å². The zero-order valence-corrected chi connectivity index (χ0v) is 21.3. The predicted octanol–water partition coefficient (Wildman–Crippen LogP) is 3.99. The van der Waals surface area contributed by atoms with Crippen LogP contribution in [0.4, 0.5) is 5.69 Å². The molecule has 0 atom stereocenters. The van der Waals surface area contributed by atoms with Crippen molar-refractivity contribution in [2.45, 2.75) is 32.6 Å². The molecule has 3 rings (SSSR count). The van der Waals surface area contributed by atoms with E-state index in [1.807, 2.05) is 30.3 Å². The van der Waals surface area contributed by atoms with Crippen LogP contribution in [0, 0.1) is 12.3 Å². The van der Waals surface area contributed by atoms with Crippen LogP contribution in [0.5, 0.6) is 0 Å². The molecule has 0 aliphatic rings. The highest BCUT2D eigenvalue weighted by atomic mass is 32.2. The van der Waals surface area contributed by atoms with Gasteiger partial charge in [-0.05, 0) is 31.2 Å². The maximum absolute atomic E-state index is 13.0. The fourth-order valence-electron chi connectivity index (χ4n) is 3.22. The average Bonchev–Trinajstić information content (AvgIpc) is 3.04. The molecule has 0 aliphatic heterocycles. The third-order valence-corrected chi connectivity index (χ3v) is 6.53. The van der Waals surface area contributed by atoms with Crippen LogP contribution >= 0.6 is 11.8 Å². The van der Waals surface area contributed by atoms with Crippen molar-refractivity contribution in [3.63, 3.8) is 0 Å². The van der Waals surface area contributed by atoms with E-state index in [0.29, 0.717) is 16.3 Å². The second kappa shape index (κ2) is 10.8. The first-order valence-corrected chi connectivity index (χ1v) is 12.1. The van der Waals surface area contributed by atoms with Crippen LogP contribution in [0.3, 0.4) is 0 Å². The standard InChI is InChI=1S/C26H29N3O5S/c1-17-23(24(32)29(28(17)5)18-11-7-6-8-12-18)27-22(31)16-35-20-14-10-9-13-19(20)25(33)34-15-21(30)26(2,3)4/h6-14H,15-16H2,1-5H3,(H,27,31). The molecule has 3 aromatic rings. The number of anilines is 1. The van der Waals surface area contributed by atoms with E-state index in [0.717, 1.165) is 11.8 Å². The Labute approximate surface area is 208 Å². The number of carbonyl (C=O) groups excluding carboxylic acids is 3. The molecule has 0 bridgehead atoms. The molecule has 1 amide bonds. The lowest BCUT2D eigenvalue weighted by molar-refractivity contribution is -0.129. The van der Waals surface area contributed by atoms with Crippen molar-refractivity contribution in [3.8, 4) is 5.69 Å². The first-order chi connectivity index (χ1) is 16.5. The van der Waals surface area contributed by atoms with Gasteiger partial charge in [-0.3, -0.25) is 19.1 Å². The van der Waals surface area contributed by atoms with E-state index in [-0.39, 0.29) is 40.9 Å². The average molecular weight is 496 g/mol. The third-order valence-electron chi connectivity index (χ3n) is 5.46. The number of para-hydroxylation sites is 1. The number of aromatic nitrogens is 2. The topological polar surface area (TPSA) is 99.4 Å². The molecule has 9 heteroatoms. The van der Waals surface area contributed by atoms with Gasteiger partial charge in [-0.25, -0.2) is 9.48 Å². The maximum atomic E-state index is 13.0. The maximum Gasteiger partial charge on any atom is 0.339 e. The van der Waals surface area contributed by atoms with Gasteiger partial charge in [-0.15, -0.1) is 11.8 Å². The molecule has 0 aliphatic carbocycles. The minimum Gasteiger partial charge on any atom is -0.454 e. The summed E-state index contributed by atoms with van der Waals surface area (Å²) in [6, 6.07) is 15.9. The van der Waals surface area contributed by atoms with Gasteiger partial charge in [-0.1, -0.05) is 51.1 Å². The number of ketones is 1. The summed E-state index contributed by atoms with van der Waals surface area (Å²) in [5.74, 6) is -1.22. The van der Waals surface area contributed by atoms with Crippen LogP contribution < -0.4 is 10.9 Å². The Balaban J connectivity index is 1.69. The number of ether oxygens (including phenoxy) is 1. The zero-order chi connectivity index (χ0) is 25.8. The number of nitrogens with one attached hydrogen (secondary N) is 1. The fourth-order valence-corrected chi connectivity index (χ4v) is 4.06. The smallest absolute Gasteiger partial charge is 0.339 e. The molecule has 184 valence electrons. The Bertz CT molecular complexity index is 1300. The molecule has 0 unspecified atom stereocenters. The van der Waals surface area contributed by atoms with Gasteiger partial charge in [0.15, 0.2) is 12.4 Å². The first kappa shape index (κ1) is 26.0. The summed E-state index contributed by atoms with van der Waals surface area (Å²) in [7, 11) is 1.75. The summed E-state index contributed by atoms with van der Waals surface area (Å²) >= 11 is 1.15. The Morgan fingerprint density at radius 1 is 1.00 bits per heavy atom. The van der Waals surface area contributed by atoms with Crippen molar-refractivity contribution in [3.05, 3.63) is 76.2 Å². The minimum absolute atomic E-state index is 0.0235. The minimum atomic E-state index is -0.629. The second-order valence-electron chi connectivity index (χ2n) is 9.02. The van der Waals surface area contributed by atoms with Gasteiger partial charge >= 0.3 is 5.97 Å². The molecule has 1 aromatic heterocycles. The number of carbonyl (C=O) groups is 3. The summed E-state index contributed by atoms with van der Waals surface area (Å²) in [6.45, 7) is 6.72.